The first-order valence-corrected chi connectivity index (χ1v) is 14.2. The monoisotopic (exact) mass is 557 g/mol. The van der Waals surface area contributed by atoms with E-state index in [9.17, 15) is 9.59 Å². The number of aromatic nitrogens is 1. The van der Waals surface area contributed by atoms with Gasteiger partial charge in [-0.1, -0.05) is 60.3 Å². The quantitative estimate of drug-likeness (QED) is 0.279. The van der Waals surface area contributed by atoms with Crippen LogP contribution in [0, 0.1) is 5.92 Å². The molecule has 5 nitrogen and oxygen atoms in total. The Morgan fingerprint density at radius 1 is 1.12 bits per heavy atom. The lowest BCUT2D eigenvalue weighted by Gasteiger charge is -2.21. The van der Waals surface area contributed by atoms with Gasteiger partial charge < -0.3 is 10.6 Å². The summed E-state index contributed by atoms with van der Waals surface area (Å²) < 4.78 is 1.01. The summed E-state index contributed by atoms with van der Waals surface area (Å²) in [5.41, 5.74) is 2.64. The first-order valence-electron chi connectivity index (χ1n) is 11.6. The predicted octanol–water partition coefficient (Wildman–Crippen LogP) is 7.60. The Hall–Kier alpha value is -2.16. The summed E-state index contributed by atoms with van der Waals surface area (Å²) in [6.45, 7) is 2.00. The zero-order chi connectivity index (χ0) is 23.9. The fourth-order valence-corrected chi connectivity index (χ4v) is 6.01. The largest absolute Gasteiger partial charge is 0.326 e. The number of carbonyl (C=O) groups is 2. The Kier molecular flexibility index (Phi) is 8.80. The van der Waals surface area contributed by atoms with Crippen LogP contribution in [-0.2, 0) is 9.59 Å². The molecular weight excluding hydrogens is 530 g/mol. The van der Waals surface area contributed by atoms with Crippen molar-refractivity contribution in [2.75, 3.05) is 10.6 Å². The van der Waals surface area contributed by atoms with Crippen molar-refractivity contribution in [3.05, 3.63) is 58.4 Å². The zero-order valence-corrected chi connectivity index (χ0v) is 22.3. The van der Waals surface area contributed by atoms with E-state index in [2.05, 4.69) is 31.5 Å². The van der Waals surface area contributed by atoms with Gasteiger partial charge in [0, 0.05) is 31.9 Å². The van der Waals surface area contributed by atoms with Crippen molar-refractivity contribution in [3.8, 4) is 11.3 Å². The van der Waals surface area contributed by atoms with Crippen molar-refractivity contribution in [2.45, 2.75) is 55.6 Å². The Morgan fingerprint density at radius 3 is 2.62 bits per heavy atom. The highest BCUT2D eigenvalue weighted by Gasteiger charge is 2.22. The Bertz CT molecular complexity index is 1130. The fraction of sp³-hybridized carbons (Fsp3) is 0.346. The molecule has 0 saturated heterocycles. The van der Waals surface area contributed by atoms with Crippen LogP contribution < -0.4 is 10.6 Å². The molecule has 2 aromatic carbocycles. The molecule has 1 fully saturated rings. The van der Waals surface area contributed by atoms with Crippen LogP contribution in [0.3, 0.4) is 0 Å². The van der Waals surface area contributed by atoms with E-state index in [1.54, 1.807) is 0 Å². The van der Waals surface area contributed by atoms with Gasteiger partial charge in [0.1, 0.15) is 0 Å². The van der Waals surface area contributed by atoms with E-state index < -0.39 is 0 Å². The highest BCUT2D eigenvalue weighted by atomic mass is 79.9. The molecule has 178 valence electrons. The second kappa shape index (κ2) is 12.0. The number of thioether (sulfide) groups is 1. The fourth-order valence-electron chi connectivity index (χ4n) is 4.01. The molecule has 1 aliphatic rings. The average molecular weight is 559 g/mol. The van der Waals surface area contributed by atoms with Crippen molar-refractivity contribution < 1.29 is 9.59 Å². The Morgan fingerprint density at radius 2 is 1.88 bits per heavy atom. The molecule has 1 aromatic heterocycles. The molecule has 0 aliphatic heterocycles. The van der Waals surface area contributed by atoms with Crippen LogP contribution >= 0.6 is 39.0 Å². The van der Waals surface area contributed by atoms with E-state index >= 15 is 0 Å². The van der Waals surface area contributed by atoms with E-state index in [-0.39, 0.29) is 23.0 Å². The molecule has 0 spiro atoms. The number of thiazole rings is 1. The van der Waals surface area contributed by atoms with Gasteiger partial charge in [-0.15, -0.1) is 23.1 Å². The molecule has 0 radical (unpaired) electrons. The van der Waals surface area contributed by atoms with Gasteiger partial charge in [-0.25, -0.2) is 4.98 Å². The third-order valence-electron chi connectivity index (χ3n) is 5.89. The number of hydrogen-bond acceptors (Lipinski definition) is 5. The number of nitrogens with one attached hydrogen (secondary N) is 2. The number of nitrogens with zero attached hydrogens (tertiary/aromatic N) is 1. The lowest BCUT2D eigenvalue weighted by Crippen LogP contribution is -2.25. The molecule has 2 N–H and O–H groups in total. The van der Waals surface area contributed by atoms with Gasteiger partial charge in [0.15, 0.2) is 5.13 Å². The molecule has 4 rings (SSSR count). The average Bonchev–Trinajstić information content (AvgIpc) is 3.32. The molecule has 2 amide bonds. The van der Waals surface area contributed by atoms with Gasteiger partial charge in [0.2, 0.25) is 11.8 Å². The summed E-state index contributed by atoms with van der Waals surface area (Å²) in [7, 11) is 0. The number of amides is 2. The van der Waals surface area contributed by atoms with Crippen molar-refractivity contribution in [3.63, 3.8) is 0 Å². The van der Waals surface area contributed by atoms with E-state index in [0.29, 0.717) is 11.6 Å². The van der Waals surface area contributed by atoms with Gasteiger partial charge in [-0.3, -0.25) is 9.59 Å². The lowest BCUT2D eigenvalue weighted by atomic mass is 9.88. The maximum atomic E-state index is 13.0. The topological polar surface area (TPSA) is 71.1 Å². The van der Waals surface area contributed by atoms with Gasteiger partial charge in [0.25, 0.3) is 0 Å². The number of benzene rings is 2. The zero-order valence-electron chi connectivity index (χ0n) is 19.1. The highest BCUT2D eigenvalue weighted by molar-refractivity contribution is 9.10. The summed E-state index contributed by atoms with van der Waals surface area (Å²) in [6, 6.07) is 15.7. The van der Waals surface area contributed by atoms with Gasteiger partial charge >= 0.3 is 0 Å². The first-order chi connectivity index (χ1) is 16.5. The second-order valence-electron chi connectivity index (χ2n) is 8.40. The van der Waals surface area contributed by atoms with Gasteiger partial charge in [-0.05, 0) is 49.6 Å². The number of halogens is 1. The van der Waals surface area contributed by atoms with E-state index in [1.165, 1.54) is 29.5 Å². The lowest BCUT2D eigenvalue weighted by molar-refractivity contribution is -0.120. The van der Waals surface area contributed by atoms with Crippen LogP contribution in [0.15, 0.2) is 63.3 Å². The minimum atomic E-state index is -0.260. The number of hydrogen-bond donors (Lipinski definition) is 2. The van der Waals surface area contributed by atoms with Crippen molar-refractivity contribution in [1.82, 2.24) is 4.98 Å². The molecule has 8 heteroatoms. The van der Waals surface area contributed by atoms with Crippen molar-refractivity contribution in [2.24, 2.45) is 5.92 Å². The minimum Gasteiger partial charge on any atom is -0.326 e. The van der Waals surface area contributed by atoms with Crippen LogP contribution in [0.4, 0.5) is 10.8 Å². The predicted molar refractivity (Wildman–Crippen MR) is 145 cm³/mol. The molecule has 1 saturated carbocycles. The summed E-state index contributed by atoms with van der Waals surface area (Å²) in [5, 5.41) is 8.33. The molecule has 1 heterocycles. The van der Waals surface area contributed by atoms with E-state index in [0.717, 1.165) is 52.0 Å². The molecule has 1 atom stereocenters. The molecule has 0 bridgehead atoms. The highest BCUT2D eigenvalue weighted by Crippen LogP contribution is 2.31. The normalized spacial score (nSPS) is 15.0. The van der Waals surface area contributed by atoms with Crippen LogP contribution in [0.5, 0.6) is 0 Å². The third kappa shape index (κ3) is 6.71. The Balaban J connectivity index is 1.36. The second-order valence-corrected chi connectivity index (χ2v) is 11.5. The van der Waals surface area contributed by atoms with E-state index in [4.69, 9.17) is 0 Å². The van der Waals surface area contributed by atoms with E-state index in [1.807, 2.05) is 60.8 Å². The SMILES string of the molecule is CCC(Sc1cccc(NC(=O)C2CCCCC2)c1)C(=O)Nc1nc(-c2ccc(Br)cc2)cs1. The van der Waals surface area contributed by atoms with Gasteiger partial charge in [-0.2, -0.15) is 0 Å². The molecule has 34 heavy (non-hydrogen) atoms. The first kappa shape index (κ1) is 24.9. The standard InChI is InChI=1S/C26H28BrN3O2S2/c1-2-23(25(32)30-26-29-22(16-33-26)17-11-13-19(27)14-12-17)34-21-10-6-9-20(15-21)28-24(31)18-7-4-3-5-8-18/h6,9-16,18,23H,2-5,7-8H2,1H3,(H,28,31)(H,29,30,32). The molecule has 1 unspecified atom stereocenters. The number of anilines is 2. The smallest absolute Gasteiger partial charge is 0.239 e. The maximum absolute atomic E-state index is 13.0. The maximum Gasteiger partial charge on any atom is 0.239 e. The Labute approximate surface area is 217 Å². The van der Waals surface area contributed by atoms with Crippen molar-refractivity contribution >= 4 is 61.7 Å². The van der Waals surface area contributed by atoms with Crippen LogP contribution in [0.2, 0.25) is 0 Å². The number of carbonyl (C=O) groups excluding carboxylic acids is 2. The van der Waals surface area contributed by atoms with Crippen LogP contribution in [0.25, 0.3) is 11.3 Å². The minimum absolute atomic E-state index is 0.0687. The summed E-state index contributed by atoms with van der Waals surface area (Å²) in [5.74, 6) is 0.151. The van der Waals surface area contributed by atoms with Crippen LogP contribution in [0.1, 0.15) is 45.4 Å². The third-order valence-corrected chi connectivity index (χ3v) is 8.54. The molecular formula is C26H28BrN3O2S2. The van der Waals surface area contributed by atoms with Crippen LogP contribution in [-0.4, -0.2) is 22.0 Å². The summed E-state index contributed by atoms with van der Waals surface area (Å²) >= 11 is 6.37. The van der Waals surface area contributed by atoms with Gasteiger partial charge in [0.05, 0.1) is 10.9 Å². The van der Waals surface area contributed by atoms with Crippen molar-refractivity contribution in [1.29, 1.82) is 0 Å². The number of rotatable bonds is 8. The molecule has 3 aromatic rings. The summed E-state index contributed by atoms with van der Waals surface area (Å²) in [6.07, 6.45) is 6.11. The molecule has 1 aliphatic carbocycles. The summed E-state index contributed by atoms with van der Waals surface area (Å²) in [4.78, 5) is 31.1.